The molecule has 2 N–H and O–H groups in total. The molecule has 6 nitrogen and oxygen atoms in total. The lowest BCUT2D eigenvalue weighted by atomic mass is 10.2. The summed E-state index contributed by atoms with van der Waals surface area (Å²) >= 11 is 6.06. The average Bonchev–Trinajstić information content (AvgIpc) is 2.66. The van der Waals surface area contributed by atoms with Crippen LogP contribution in [0.2, 0.25) is 5.02 Å². The molecule has 0 spiro atoms. The Hall–Kier alpha value is -3.25. The third-order valence-electron chi connectivity index (χ3n) is 4.08. The summed E-state index contributed by atoms with van der Waals surface area (Å²) in [5.74, 6) is 1.02. The van der Waals surface area contributed by atoms with E-state index in [2.05, 4.69) is 30.6 Å². The minimum Gasteiger partial charge on any atom is -0.338 e. The lowest BCUT2D eigenvalue weighted by Gasteiger charge is -2.12. The Balaban J connectivity index is 1.75. The van der Waals surface area contributed by atoms with Crippen LogP contribution in [0.4, 0.5) is 23.1 Å². The zero-order valence-corrected chi connectivity index (χ0v) is 15.6. The van der Waals surface area contributed by atoms with Gasteiger partial charge in [-0.1, -0.05) is 29.3 Å². The van der Waals surface area contributed by atoms with Crippen LogP contribution in [0.25, 0.3) is 11.2 Å². The second-order valence-corrected chi connectivity index (χ2v) is 6.64. The van der Waals surface area contributed by atoms with Gasteiger partial charge in [-0.2, -0.15) is 9.97 Å². The van der Waals surface area contributed by atoms with E-state index in [1.54, 1.807) is 12.4 Å². The van der Waals surface area contributed by atoms with Gasteiger partial charge in [0.2, 0.25) is 5.95 Å². The third kappa shape index (κ3) is 3.80. The maximum absolute atomic E-state index is 6.06. The van der Waals surface area contributed by atoms with Gasteiger partial charge in [-0.15, -0.1) is 0 Å². The standard InChI is InChI=1S/C20H17ClN6/c1-12-3-6-15(7-4-12)24-20-26-18-17(22-9-10-23-18)19(27-20)25-16-8-5-14(21)11-13(16)2/h3-11H,1-2H3,(H2,23,24,25,26,27). The summed E-state index contributed by atoms with van der Waals surface area (Å²) in [7, 11) is 0. The highest BCUT2D eigenvalue weighted by atomic mass is 35.5. The number of hydrogen-bond donors (Lipinski definition) is 2. The quantitative estimate of drug-likeness (QED) is 0.511. The van der Waals surface area contributed by atoms with Crippen LogP contribution in [-0.4, -0.2) is 19.9 Å². The van der Waals surface area contributed by atoms with E-state index in [4.69, 9.17) is 11.6 Å². The number of rotatable bonds is 4. The summed E-state index contributed by atoms with van der Waals surface area (Å²) in [6.45, 7) is 4.02. The van der Waals surface area contributed by atoms with Gasteiger partial charge in [0.25, 0.3) is 0 Å². The Morgan fingerprint density at radius 3 is 2.41 bits per heavy atom. The minimum absolute atomic E-state index is 0.445. The highest BCUT2D eigenvalue weighted by Gasteiger charge is 2.11. The fourth-order valence-corrected chi connectivity index (χ4v) is 2.89. The molecule has 134 valence electrons. The van der Waals surface area contributed by atoms with Crippen LogP contribution in [0.3, 0.4) is 0 Å². The summed E-state index contributed by atoms with van der Waals surface area (Å²) < 4.78 is 0. The van der Waals surface area contributed by atoms with Crippen molar-refractivity contribution in [3.8, 4) is 0 Å². The smallest absolute Gasteiger partial charge is 0.231 e. The molecule has 2 aromatic carbocycles. The van der Waals surface area contributed by atoms with Gasteiger partial charge in [-0.05, 0) is 49.7 Å². The van der Waals surface area contributed by atoms with Gasteiger partial charge in [-0.3, -0.25) is 0 Å². The van der Waals surface area contributed by atoms with Gasteiger partial charge in [0.1, 0.15) is 0 Å². The predicted molar refractivity (Wildman–Crippen MR) is 109 cm³/mol. The molecule has 0 bridgehead atoms. The molecule has 0 aliphatic rings. The molecule has 2 heterocycles. The van der Waals surface area contributed by atoms with E-state index in [1.165, 1.54) is 5.56 Å². The maximum Gasteiger partial charge on any atom is 0.231 e. The second-order valence-electron chi connectivity index (χ2n) is 6.20. The number of nitrogens with zero attached hydrogens (tertiary/aromatic N) is 4. The molecule has 0 atom stereocenters. The number of fused-ring (bicyclic) bond motifs is 1. The van der Waals surface area contributed by atoms with E-state index in [0.29, 0.717) is 28.0 Å². The molecule has 7 heteroatoms. The molecular formula is C20H17ClN6. The second kappa shape index (κ2) is 7.17. The van der Waals surface area contributed by atoms with Crippen LogP contribution in [0.15, 0.2) is 54.9 Å². The van der Waals surface area contributed by atoms with Gasteiger partial charge in [0, 0.05) is 28.8 Å². The number of halogens is 1. The first-order valence-corrected chi connectivity index (χ1v) is 8.82. The SMILES string of the molecule is Cc1ccc(Nc2nc(Nc3ccc(Cl)cc3C)c3nccnc3n2)cc1. The first-order chi connectivity index (χ1) is 13.1. The molecule has 4 aromatic rings. The Morgan fingerprint density at radius 1 is 0.852 bits per heavy atom. The molecule has 0 saturated carbocycles. The number of nitrogens with one attached hydrogen (secondary N) is 2. The number of hydrogen-bond acceptors (Lipinski definition) is 6. The van der Waals surface area contributed by atoms with Crippen molar-refractivity contribution in [3.63, 3.8) is 0 Å². The largest absolute Gasteiger partial charge is 0.338 e. The van der Waals surface area contributed by atoms with Gasteiger partial charge in [0.15, 0.2) is 17.0 Å². The first-order valence-electron chi connectivity index (χ1n) is 8.44. The van der Waals surface area contributed by atoms with E-state index in [-0.39, 0.29) is 0 Å². The third-order valence-corrected chi connectivity index (χ3v) is 4.32. The summed E-state index contributed by atoms with van der Waals surface area (Å²) in [6.07, 6.45) is 3.24. The van der Waals surface area contributed by atoms with Crippen molar-refractivity contribution in [3.05, 3.63) is 71.0 Å². The topological polar surface area (TPSA) is 75.6 Å². The summed E-state index contributed by atoms with van der Waals surface area (Å²) in [5, 5.41) is 7.23. The molecule has 0 radical (unpaired) electrons. The molecule has 2 aromatic heterocycles. The van der Waals surface area contributed by atoms with Crippen molar-refractivity contribution in [2.24, 2.45) is 0 Å². The van der Waals surface area contributed by atoms with Gasteiger partial charge >= 0.3 is 0 Å². The number of benzene rings is 2. The van der Waals surface area contributed by atoms with Crippen molar-refractivity contribution in [2.45, 2.75) is 13.8 Å². The van der Waals surface area contributed by atoms with Crippen LogP contribution in [-0.2, 0) is 0 Å². The number of anilines is 4. The van der Waals surface area contributed by atoms with Crippen molar-refractivity contribution in [2.75, 3.05) is 10.6 Å². The number of aryl methyl sites for hydroxylation is 2. The highest BCUT2D eigenvalue weighted by molar-refractivity contribution is 6.30. The fraction of sp³-hybridized carbons (Fsp3) is 0.100. The maximum atomic E-state index is 6.06. The van der Waals surface area contributed by atoms with Crippen LogP contribution in [0, 0.1) is 13.8 Å². The Labute approximate surface area is 161 Å². The summed E-state index contributed by atoms with van der Waals surface area (Å²) in [5.41, 5.74) is 5.10. The summed E-state index contributed by atoms with van der Waals surface area (Å²) in [4.78, 5) is 17.8. The molecule has 0 saturated heterocycles. The van der Waals surface area contributed by atoms with Gasteiger partial charge in [0.05, 0.1) is 0 Å². The van der Waals surface area contributed by atoms with Crippen LogP contribution >= 0.6 is 11.6 Å². The monoisotopic (exact) mass is 376 g/mol. The average molecular weight is 377 g/mol. The highest BCUT2D eigenvalue weighted by Crippen LogP contribution is 2.27. The van der Waals surface area contributed by atoms with Gasteiger partial charge in [-0.25, -0.2) is 9.97 Å². The van der Waals surface area contributed by atoms with Crippen molar-refractivity contribution < 1.29 is 0 Å². The fourth-order valence-electron chi connectivity index (χ4n) is 2.67. The number of aromatic nitrogens is 4. The Bertz CT molecular complexity index is 1110. The van der Waals surface area contributed by atoms with Crippen molar-refractivity contribution >= 4 is 45.9 Å². The zero-order chi connectivity index (χ0) is 18.8. The molecular weight excluding hydrogens is 360 g/mol. The molecule has 0 fully saturated rings. The zero-order valence-electron chi connectivity index (χ0n) is 14.9. The first kappa shape index (κ1) is 17.2. The lowest BCUT2D eigenvalue weighted by Crippen LogP contribution is -2.04. The summed E-state index contributed by atoms with van der Waals surface area (Å²) in [6, 6.07) is 13.7. The van der Waals surface area contributed by atoms with Crippen LogP contribution in [0.1, 0.15) is 11.1 Å². The van der Waals surface area contributed by atoms with Crippen LogP contribution in [0.5, 0.6) is 0 Å². The van der Waals surface area contributed by atoms with E-state index < -0.39 is 0 Å². The van der Waals surface area contributed by atoms with E-state index >= 15 is 0 Å². The molecule has 0 aliphatic heterocycles. The molecule has 4 rings (SSSR count). The van der Waals surface area contributed by atoms with Crippen molar-refractivity contribution in [1.82, 2.24) is 19.9 Å². The normalized spacial score (nSPS) is 10.8. The lowest BCUT2D eigenvalue weighted by molar-refractivity contribution is 1.14. The molecule has 0 unspecified atom stereocenters. The van der Waals surface area contributed by atoms with Crippen LogP contribution < -0.4 is 10.6 Å². The molecule has 0 aliphatic carbocycles. The molecule has 0 amide bonds. The van der Waals surface area contributed by atoms with Gasteiger partial charge < -0.3 is 10.6 Å². The Morgan fingerprint density at radius 2 is 1.63 bits per heavy atom. The minimum atomic E-state index is 0.445. The predicted octanol–water partition coefficient (Wildman–Crippen LogP) is 5.18. The Kier molecular flexibility index (Phi) is 4.56. The van der Waals surface area contributed by atoms with Crippen molar-refractivity contribution in [1.29, 1.82) is 0 Å². The van der Waals surface area contributed by atoms with E-state index in [1.807, 2.05) is 56.3 Å². The molecule has 27 heavy (non-hydrogen) atoms. The van der Waals surface area contributed by atoms with E-state index in [0.717, 1.165) is 16.9 Å². The van der Waals surface area contributed by atoms with E-state index in [9.17, 15) is 0 Å².